The smallest absolute Gasteiger partial charge is 0.251 e. The van der Waals surface area contributed by atoms with Crippen LogP contribution >= 0.6 is 0 Å². The number of nitriles is 1. The van der Waals surface area contributed by atoms with Gasteiger partial charge in [0.15, 0.2) is 0 Å². The van der Waals surface area contributed by atoms with Crippen molar-refractivity contribution in [3.63, 3.8) is 0 Å². The molecule has 0 aliphatic rings. The molecule has 0 radical (unpaired) electrons. The third-order valence-corrected chi connectivity index (χ3v) is 3.54. The number of amides is 1. The number of aromatic nitrogens is 3. The first-order valence-corrected chi connectivity index (χ1v) is 7.60. The van der Waals surface area contributed by atoms with Gasteiger partial charge in [0.2, 0.25) is 0 Å². The molecule has 3 aromatic rings. The average Bonchev–Trinajstić information content (AvgIpc) is 3.11. The molecule has 1 amide bonds. The van der Waals surface area contributed by atoms with Crippen LogP contribution in [0, 0.1) is 17.1 Å². The molecule has 1 N–H and O–H groups in total. The first-order valence-electron chi connectivity index (χ1n) is 7.60. The van der Waals surface area contributed by atoms with Crippen molar-refractivity contribution in [2.24, 2.45) is 0 Å². The van der Waals surface area contributed by atoms with Gasteiger partial charge >= 0.3 is 0 Å². The molecular weight excluding hydrogens is 321 g/mol. The predicted octanol–water partition coefficient (Wildman–Crippen LogP) is 2.25. The molecule has 1 aromatic carbocycles. The molecule has 0 saturated heterocycles. The van der Waals surface area contributed by atoms with Gasteiger partial charge in [0.25, 0.3) is 5.91 Å². The number of carbonyl (C=O) groups is 1. The zero-order valence-electron chi connectivity index (χ0n) is 13.2. The topological polar surface area (TPSA) is 83.6 Å². The van der Waals surface area contributed by atoms with E-state index in [1.165, 1.54) is 24.4 Å². The van der Waals surface area contributed by atoms with Crippen molar-refractivity contribution < 1.29 is 9.18 Å². The summed E-state index contributed by atoms with van der Waals surface area (Å²) >= 11 is 0. The number of halogens is 1. The third-order valence-electron chi connectivity index (χ3n) is 3.54. The lowest BCUT2D eigenvalue weighted by Gasteiger charge is -2.04. The molecule has 0 aliphatic heterocycles. The van der Waals surface area contributed by atoms with E-state index in [-0.39, 0.29) is 17.4 Å². The summed E-state index contributed by atoms with van der Waals surface area (Å²) in [6.45, 7) is 0.406. The van der Waals surface area contributed by atoms with Gasteiger partial charge in [0, 0.05) is 30.9 Å². The molecule has 2 heterocycles. The second kappa shape index (κ2) is 7.36. The van der Waals surface area contributed by atoms with Crippen molar-refractivity contribution in [1.82, 2.24) is 20.1 Å². The van der Waals surface area contributed by atoms with E-state index in [9.17, 15) is 9.18 Å². The van der Waals surface area contributed by atoms with Gasteiger partial charge in [0.1, 0.15) is 17.6 Å². The minimum atomic E-state index is -0.297. The van der Waals surface area contributed by atoms with E-state index in [4.69, 9.17) is 5.26 Å². The Hall–Kier alpha value is -3.53. The van der Waals surface area contributed by atoms with Crippen LogP contribution in [0.4, 0.5) is 4.39 Å². The maximum atomic E-state index is 12.9. The molecule has 0 atom stereocenters. The first-order chi connectivity index (χ1) is 12.2. The Morgan fingerprint density at radius 2 is 2.04 bits per heavy atom. The Balaban J connectivity index is 1.56. The Kier molecular flexibility index (Phi) is 4.81. The van der Waals surface area contributed by atoms with Gasteiger partial charge in [-0.25, -0.2) is 14.1 Å². The number of hydrogen-bond acceptors (Lipinski definition) is 4. The molecule has 0 spiro atoms. The number of pyridine rings is 1. The fraction of sp³-hybridized carbons (Fsp3) is 0.111. The van der Waals surface area contributed by atoms with Crippen LogP contribution in [0.25, 0.3) is 5.69 Å². The minimum Gasteiger partial charge on any atom is -0.352 e. The van der Waals surface area contributed by atoms with E-state index in [1.807, 2.05) is 12.1 Å². The number of benzene rings is 1. The lowest BCUT2D eigenvalue weighted by atomic mass is 10.2. The maximum Gasteiger partial charge on any atom is 0.251 e. The van der Waals surface area contributed by atoms with E-state index in [2.05, 4.69) is 15.4 Å². The lowest BCUT2D eigenvalue weighted by Crippen LogP contribution is -2.26. The van der Waals surface area contributed by atoms with Crippen molar-refractivity contribution in [2.75, 3.05) is 6.54 Å². The summed E-state index contributed by atoms with van der Waals surface area (Å²) in [6.07, 6.45) is 3.76. The zero-order valence-corrected chi connectivity index (χ0v) is 13.2. The molecule has 0 aliphatic carbocycles. The van der Waals surface area contributed by atoms with Crippen molar-refractivity contribution in [1.29, 1.82) is 5.26 Å². The van der Waals surface area contributed by atoms with Crippen LogP contribution in [0.2, 0.25) is 0 Å². The summed E-state index contributed by atoms with van der Waals surface area (Å²) < 4.78 is 14.6. The molecule has 0 saturated carbocycles. The predicted molar refractivity (Wildman–Crippen MR) is 88.5 cm³/mol. The van der Waals surface area contributed by atoms with Crippen LogP contribution < -0.4 is 5.32 Å². The van der Waals surface area contributed by atoms with E-state index in [0.717, 1.165) is 11.4 Å². The monoisotopic (exact) mass is 335 g/mol. The number of hydrogen-bond donors (Lipinski definition) is 1. The molecular formula is C18H14FN5O. The van der Waals surface area contributed by atoms with Crippen molar-refractivity contribution >= 4 is 5.91 Å². The Bertz CT molecular complexity index is 927. The van der Waals surface area contributed by atoms with Gasteiger partial charge in [-0.2, -0.15) is 10.4 Å². The molecule has 3 rings (SSSR count). The number of rotatable bonds is 5. The Labute approximate surface area is 143 Å². The van der Waals surface area contributed by atoms with Gasteiger partial charge < -0.3 is 5.32 Å². The summed E-state index contributed by atoms with van der Waals surface area (Å²) in [4.78, 5) is 15.9. The van der Waals surface area contributed by atoms with Crippen LogP contribution in [-0.4, -0.2) is 27.2 Å². The van der Waals surface area contributed by atoms with Crippen LogP contribution in [0.5, 0.6) is 0 Å². The minimum absolute atomic E-state index is 0.200. The van der Waals surface area contributed by atoms with Crippen molar-refractivity contribution in [3.05, 3.63) is 77.6 Å². The molecule has 0 unspecified atom stereocenters. The molecule has 6 nitrogen and oxygen atoms in total. The number of carbonyl (C=O) groups excluding carboxylic acids is 1. The largest absolute Gasteiger partial charge is 0.352 e. The van der Waals surface area contributed by atoms with E-state index < -0.39 is 0 Å². The normalized spacial score (nSPS) is 10.2. The van der Waals surface area contributed by atoms with Gasteiger partial charge in [-0.3, -0.25) is 4.79 Å². The Morgan fingerprint density at radius 3 is 2.80 bits per heavy atom. The first kappa shape index (κ1) is 16.3. The lowest BCUT2D eigenvalue weighted by molar-refractivity contribution is 0.0954. The molecule has 25 heavy (non-hydrogen) atoms. The van der Waals surface area contributed by atoms with Crippen LogP contribution in [0.3, 0.4) is 0 Å². The highest BCUT2D eigenvalue weighted by molar-refractivity contribution is 5.94. The van der Waals surface area contributed by atoms with E-state index >= 15 is 0 Å². The zero-order chi connectivity index (χ0) is 17.6. The third kappa shape index (κ3) is 4.06. The molecule has 7 heteroatoms. The van der Waals surface area contributed by atoms with Gasteiger partial charge in [-0.15, -0.1) is 0 Å². The summed E-state index contributed by atoms with van der Waals surface area (Å²) in [7, 11) is 0. The maximum absolute atomic E-state index is 12.9. The summed E-state index contributed by atoms with van der Waals surface area (Å²) in [6, 6.07) is 12.8. The average molecular weight is 335 g/mol. The second-order valence-corrected chi connectivity index (χ2v) is 5.28. The quantitative estimate of drug-likeness (QED) is 0.775. The van der Waals surface area contributed by atoms with Crippen LogP contribution in [0.15, 0.2) is 54.9 Å². The van der Waals surface area contributed by atoms with Crippen molar-refractivity contribution in [2.45, 2.75) is 6.42 Å². The van der Waals surface area contributed by atoms with E-state index in [0.29, 0.717) is 18.5 Å². The fourth-order valence-corrected chi connectivity index (χ4v) is 2.27. The summed E-state index contributed by atoms with van der Waals surface area (Å²) in [5, 5.41) is 16.0. The number of nitrogens with zero attached hydrogens (tertiary/aromatic N) is 4. The Morgan fingerprint density at radius 1 is 1.24 bits per heavy atom. The molecule has 0 fully saturated rings. The summed E-state index contributed by atoms with van der Waals surface area (Å²) in [5.74, 6) is -0.564. The fourth-order valence-electron chi connectivity index (χ4n) is 2.27. The van der Waals surface area contributed by atoms with Gasteiger partial charge in [-0.1, -0.05) is 0 Å². The van der Waals surface area contributed by atoms with Gasteiger partial charge in [-0.05, 0) is 42.5 Å². The highest BCUT2D eigenvalue weighted by Gasteiger charge is 2.07. The molecule has 0 bridgehead atoms. The highest BCUT2D eigenvalue weighted by atomic mass is 19.1. The van der Waals surface area contributed by atoms with Crippen LogP contribution in [-0.2, 0) is 6.42 Å². The highest BCUT2D eigenvalue weighted by Crippen LogP contribution is 2.09. The van der Waals surface area contributed by atoms with E-state index in [1.54, 1.807) is 29.1 Å². The number of nitrogens with one attached hydrogen (secondary N) is 1. The summed E-state index contributed by atoms with van der Waals surface area (Å²) in [5.41, 5.74) is 2.16. The molecule has 124 valence electrons. The SMILES string of the molecule is N#Cc1cc(C(=O)NCCc2ccn(-c3ccc(F)cc3)n2)ccn1. The second-order valence-electron chi connectivity index (χ2n) is 5.28. The molecule has 2 aromatic heterocycles. The van der Waals surface area contributed by atoms with Crippen molar-refractivity contribution in [3.8, 4) is 11.8 Å². The van der Waals surface area contributed by atoms with Gasteiger partial charge in [0.05, 0.1) is 11.4 Å². The standard InChI is InChI=1S/C18H14FN5O/c19-14-1-3-17(4-2-14)24-10-7-15(23-24)6-9-22-18(25)13-5-8-21-16(11-13)12-20/h1-5,7-8,10-11H,6,9H2,(H,22,25). The van der Waals surface area contributed by atoms with Crippen LogP contribution in [0.1, 0.15) is 21.7 Å².